The number of carbonyl (C=O) groups excluding carboxylic acids is 1. The molecule has 0 unspecified atom stereocenters. The fourth-order valence-corrected chi connectivity index (χ4v) is 0.667. The van der Waals surface area contributed by atoms with Crippen molar-refractivity contribution in [2.45, 2.75) is 6.92 Å². The number of amides is 1. The molecule has 0 radical (unpaired) electrons. The second-order valence-electron chi connectivity index (χ2n) is 2.30. The highest BCUT2D eigenvalue weighted by Gasteiger charge is 1.85. The molecule has 4 heteroatoms. The largest absolute Gasteiger partial charge is 0.345 e. The summed E-state index contributed by atoms with van der Waals surface area (Å²) in [5.74, 6) is 5.42. The Morgan fingerprint density at radius 2 is 2.46 bits per heavy atom. The first kappa shape index (κ1) is 9.20. The predicted molar refractivity (Wildman–Crippen MR) is 47.6 cm³/mol. The minimum atomic E-state index is -0.0894. The van der Waals surface area contributed by atoms with Crippen LogP contribution in [0.25, 0.3) is 0 Å². The predicted octanol–water partition coefficient (Wildman–Crippen LogP) is -0.0358. The third-order valence-electron chi connectivity index (χ3n) is 1.21. The van der Waals surface area contributed by atoms with Gasteiger partial charge < -0.3 is 5.32 Å². The van der Waals surface area contributed by atoms with Gasteiger partial charge in [0.2, 0.25) is 5.91 Å². The van der Waals surface area contributed by atoms with Crippen molar-refractivity contribution in [2.24, 2.45) is 0 Å². The number of hydrogen-bond donors (Lipinski definition) is 1. The molecule has 0 fully saturated rings. The van der Waals surface area contributed by atoms with Crippen LogP contribution >= 0.6 is 0 Å². The van der Waals surface area contributed by atoms with Gasteiger partial charge in [-0.25, -0.2) is 4.98 Å². The van der Waals surface area contributed by atoms with Crippen molar-refractivity contribution in [1.82, 2.24) is 15.3 Å². The second kappa shape index (κ2) is 4.88. The molecule has 1 rings (SSSR count). The molecule has 0 bridgehead atoms. The normalized spacial score (nSPS) is 8.38. The zero-order valence-electron chi connectivity index (χ0n) is 7.24. The van der Waals surface area contributed by atoms with E-state index in [2.05, 4.69) is 27.1 Å². The van der Waals surface area contributed by atoms with E-state index in [1.54, 1.807) is 18.6 Å². The zero-order valence-corrected chi connectivity index (χ0v) is 7.24. The van der Waals surface area contributed by atoms with Crippen LogP contribution in [-0.2, 0) is 4.79 Å². The molecule has 0 saturated carbocycles. The van der Waals surface area contributed by atoms with Crippen molar-refractivity contribution < 1.29 is 4.79 Å². The van der Waals surface area contributed by atoms with E-state index < -0.39 is 0 Å². The Labute approximate surface area is 76.4 Å². The van der Waals surface area contributed by atoms with Crippen LogP contribution < -0.4 is 5.32 Å². The van der Waals surface area contributed by atoms with Gasteiger partial charge in [0.15, 0.2) is 0 Å². The number of carbonyl (C=O) groups is 1. The highest BCUT2D eigenvalue weighted by atomic mass is 16.1. The number of aromatic nitrogens is 2. The van der Waals surface area contributed by atoms with Gasteiger partial charge in [0, 0.05) is 19.3 Å². The fourth-order valence-electron chi connectivity index (χ4n) is 0.667. The first-order valence-electron chi connectivity index (χ1n) is 3.78. The molecule has 1 aromatic heterocycles. The summed E-state index contributed by atoms with van der Waals surface area (Å²) in [4.78, 5) is 18.2. The third-order valence-corrected chi connectivity index (χ3v) is 1.21. The molecule has 1 heterocycles. The van der Waals surface area contributed by atoms with E-state index in [9.17, 15) is 4.79 Å². The molecular formula is C9H9N3O. The van der Waals surface area contributed by atoms with Crippen LogP contribution in [0.2, 0.25) is 0 Å². The zero-order chi connectivity index (χ0) is 9.52. The molecule has 1 amide bonds. The second-order valence-corrected chi connectivity index (χ2v) is 2.30. The highest BCUT2D eigenvalue weighted by Crippen LogP contribution is 1.83. The van der Waals surface area contributed by atoms with E-state index >= 15 is 0 Å². The molecule has 0 spiro atoms. The lowest BCUT2D eigenvalue weighted by Gasteiger charge is -1.90. The summed E-state index contributed by atoms with van der Waals surface area (Å²) in [7, 11) is 0. The standard InChI is InChI=1S/C9H9N3O/c1-8(13)11-4-2-3-9-7-10-5-6-12-9/h5-7H,4H2,1H3,(H,11,13). The number of hydrogen-bond acceptors (Lipinski definition) is 3. The van der Waals surface area contributed by atoms with Crippen molar-refractivity contribution >= 4 is 5.91 Å². The van der Waals surface area contributed by atoms with Gasteiger partial charge in [-0.05, 0) is 5.92 Å². The van der Waals surface area contributed by atoms with Gasteiger partial charge in [0.1, 0.15) is 5.69 Å². The topological polar surface area (TPSA) is 54.9 Å². The number of nitrogens with zero attached hydrogens (tertiary/aromatic N) is 2. The van der Waals surface area contributed by atoms with Crippen molar-refractivity contribution in [3.63, 3.8) is 0 Å². The summed E-state index contributed by atoms with van der Waals surface area (Å²) in [6.45, 7) is 1.79. The van der Waals surface area contributed by atoms with Crippen LogP contribution in [0.15, 0.2) is 18.6 Å². The summed E-state index contributed by atoms with van der Waals surface area (Å²) in [6.07, 6.45) is 4.72. The van der Waals surface area contributed by atoms with Crippen LogP contribution in [0.4, 0.5) is 0 Å². The molecule has 4 nitrogen and oxygen atoms in total. The molecule has 13 heavy (non-hydrogen) atoms. The van der Waals surface area contributed by atoms with Crippen LogP contribution in [0.1, 0.15) is 12.6 Å². The van der Waals surface area contributed by atoms with Gasteiger partial charge in [0.05, 0.1) is 12.7 Å². The molecular weight excluding hydrogens is 166 g/mol. The average molecular weight is 175 g/mol. The summed E-state index contributed by atoms with van der Waals surface area (Å²) in [5.41, 5.74) is 0.604. The molecule has 66 valence electrons. The third kappa shape index (κ3) is 3.87. The lowest BCUT2D eigenvalue weighted by atomic mass is 10.4. The van der Waals surface area contributed by atoms with Gasteiger partial charge >= 0.3 is 0 Å². The summed E-state index contributed by atoms with van der Waals surface area (Å²) in [6, 6.07) is 0. The first-order valence-corrected chi connectivity index (χ1v) is 3.78. The Kier molecular flexibility index (Phi) is 3.45. The Hall–Kier alpha value is -1.89. The number of nitrogens with one attached hydrogen (secondary N) is 1. The lowest BCUT2D eigenvalue weighted by molar-refractivity contribution is -0.118. The van der Waals surface area contributed by atoms with E-state index in [0.29, 0.717) is 12.2 Å². The molecule has 0 aliphatic rings. The minimum absolute atomic E-state index is 0.0894. The minimum Gasteiger partial charge on any atom is -0.345 e. The Bertz CT molecular complexity index is 337. The van der Waals surface area contributed by atoms with Gasteiger partial charge in [0.25, 0.3) is 0 Å². The van der Waals surface area contributed by atoms with Crippen molar-refractivity contribution in [3.8, 4) is 11.8 Å². The van der Waals surface area contributed by atoms with E-state index in [-0.39, 0.29) is 5.91 Å². The highest BCUT2D eigenvalue weighted by molar-refractivity contribution is 5.73. The Morgan fingerprint density at radius 3 is 3.08 bits per heavy atom. The van der Waals surface area contributed by atoms with Crippen molar-refractivity contribution in [2.75, 3.05) is 6.54 Å². The summed E-state index contributed by atoms with van der Waals surface area (Å²) >= 11 is 0. The molecule has 0 saturated heterocycles. The maximum absolute atomic E-state index is 10.4. The smallest absolute Gasteiger partial charge is 0.217 e. The molecule has 0 aliphatic heterocycles. The van der Waals surface area contributed by atoms with E-state index in [4.69, 9.17) is 0 Å². The van der Waals surface area contributed by atoms with Crippen molar-refractivity contribution in [3.05, 3.63) is 24.3 Å². The van der Waals surface area contributed by atoms with E-state index in [1.807, 2.05) is 0 Å². The Balaban J connectivity index is 2.44. The van der Waals surface area contributed by atoms with Crippen molar-refractivity contribution in [1.29, 1.82) is 0 Å². The van der Waals surface area contributed by atoms with Gasteiger partial charge in [-0.2, -0.15) is 0 Å². The maximum atomic E-state index is 10.4. The van der Waals surface area contributed by atoms with Gasteiger partial charge in [-0.15, -0.1) is 0 Å². The van der Waals surface area contributed by atoms with Crippen LogP contribution in [0.3, 0.4) is 0 Å². The average Bonchev–Trinajstić information content (AvgIpc) is 2.14. The van der Waals surface area contributed by atoms with Crippen LogP contribution in [0, 0.1) is 11.8 Å². The molecule has 0 aromatic carbocycles. The van der Waals surface area contributed by atoms with Gasteiger partial charge in [-0.3, -0.25) is 9.78 Å². The molecule has 1 aromatic rings. The quantitative estimate of drug-likeness (QED) is 0.609. The van der Waals surface area contributed by atoms with Crippen LogP contribution in [0.5, 0.6) is 0 Å². The summed E-state index contributed by atoms with van der Waals surface area (Å²) < 4.78 is 0. The number of rotatable bonds is 1. The van der Waals surface area contributed by atoms with E-state index in [0.717, 1.165) is 0 Å². The molecule has 0 atom stereocenters. The van der Waals surface area contributed by atoms with Gasteiger partial charge in [-0.1, -0.05) is 5.92 Å². The Morgan fingerprint density at radius 1 is 1.62 bits per heavy atom. The molecule has 1 N–H and O–H groups in total. The fraction of sp³-hybridized carbons (Fsp3) is 0.222. The monoisotopic (exact) mass is 175 g/mol. The maximum Gasteiger partial charge on any atom is 0.217 e. The first-order chi connectivity index (χ1) is 6.29. The molecule has 0 aliphatic carbocycles. The van der Waals surface area contributed by atoms with E-state index in [1.165, 1.54) is 6.92 Å². The van der Waals surface area contributed by atoms with Crippen LogP contribution in [-0.4, -0.2) is 22.4 Å². The SMILES string of the molecule is CC(=O)NCC#Cc1cnccn1. The summed E-state index contributed by atoms with van der Waals surface area (Å²) in [5, 5.41) is 2.56. The lowest BCUT2D eigenvalue weighted by Crippen LogP contribution is -2.19.